The molecule has 0 saturated heterocycles. The molecule has 1 aromatic rings. The summed E-state index contributed by atoms with van der Waals surface area (Å²) < 4.78 is 42.5. The first-order valence-electron chi connectivity index (χ1n) is 3.19. The lowest BCUT2D eigenvalue weighted by molar-refractivity contribution is 0.331. The molecule has 0 amide bonds. The summed E-state index contributed by atoms with van der Waals surface area (Å²) in [6, 6.07) is 0. The summed E-state index contributed by atoms with van der Waals surface area (Å²) in [5.41, 5.74) is 3.87. The lowest BCUT2D eigenvalue weighted by atomic mass is 10.2. The summed E-state index contributed by atoms with van der Waals surface area (Å²) in [7, 11) is 0.941. The van der Waals surface area contributed by atoms with Crippen molar-refractivity contribution in [2.45, 2.75) is 0 Å². The Balaban J connectivity index is 3.56. The molecule has 0 atom stereocenters. The number of ether oxygens (including phenoxy) is 1. The van der Waals surface area contributed by atoms with Gasteiger partial charge in [-0.15, -0.1) is 0 Å². The molecule has 0 radical (unpaired) electrons. The van der Waals surface area contributed by atoms with E-state index in [1.807, 2.05) is 0 Å². The van der Waals surface area contributed by atoms with Crippen molar-refractivity contribution in [3.05, 3.63) is 17.5 Å². The Hall–Kier alpha value is -1.59. The van der Waals surface area contributed by atoms with Crippen LogP contribution in [0.2, 0.25) is 0 Å². The zero-order valence-electron chi connectivity index (χ0n) is 6.57. The number of phenolic OH excluding ortho intramolecular Hbond substituents is 1. The number of anilines is 1. The van der Waals surface area contributed by atoms with Crippen molar-refractivity contribution >= 4 is 5.69 Å². The molecular formula is C7H6F3NO2. The lowest BCUT2D eigenvalue weighted by Gasteiger charge is -2.08. The van der Waals surface area contributed by atoms with E-state index in [4.69, 9.17) is 10.8 Å². The molecule has 72 valence electrons. The Morgan fingerprint density at radius 2 is 1.69 bits per heavy atom. The number of nitrogen functional groups attached to an aromatic ring is 1. The van der Waals surface area contributed by atoms with Gasteiger partial charge < -0.3 is 15.6 Å². The fourth-order valence-electron chi connectivity index (χ4n) is 0.823. The van der Waals surface area contributed by atoms with Gasteiger partial charge in [0.05, 0.1) is 7.11 Å². The molecule has 0 bridgehead atoms. The van der Waals surface area contributed by atoms with E-state index >= 15 is 0 Å². The Kier molecular flexibility index (Phi) is 2.22. The van der Waals surface area contributed by atoms with Crippen LogP contribution in [0.25, 0.3) is 0 Å². The van der Waals surface area contributed by atoms with Crippen LogP contribution in [0.4, 0.5) is 18.9 Å². The molecule has 6 heteroatoms. The van der Waals surface area contributed by atoms with Crippen LogP contribution in [0, 0.1) is 17.5 Å². The minimum atomic E-state index is -1.56. The highest BCUT2D eigenvalue weighted by molar-refractivity contribution is 5.57. The van der Waals surface area contributed by atoms with Crippen LogP contribution in [-0.4, -0.2) is 12.2 Å². The Morgan fingerprint density at radius 1 is 1.15 bits per heavy atom. The fourth-order valence-corrected chi connectivity index (χ4v) is 0.823. The molecule has 0 heterocycles. The Labute approximate surface area is 71.5 Å². The number of phenols is 1. The van der Waals surface area contributed by atoms with Crippen LogP contribution in [0.1, 0.15) is 0 Å². The molecule has 0 aromatic heterocycles. The number of rotatable bonds is 1. The van der Waals surface area contributed by atoms with E-state index in [-0.39, 0.29) is 0 Å². The van der Waals surface area contributed by atoms with Gasteiger partial charge in [-0.1, -0.05) is 0 Å². The van der Waals surface area contributed by atoms with Gasteiger partial charge in [0, 0.05) is 0 Å². The standard InChI is InChI=1S/C7H6F3NO2/c1-13-7-3(9)2(8)5(11)6(12)4(7)10/h12H,11H2,1H3. The third-order valence-electron chi connectivity index (χ3n) is 1.50. The second-order valence-corrected chi connectivity index (χ2v) is 2.24. The van der Waals surface area contributed by atoms with Gasteiger partial charge in [-0.25, -0.2) is 4.39 Å². The maximum Gasteiger partial charge on any atom is 0.212 e. The summed E-state index contributed by atoms with van der Waals surface area (Å²) in [4.78, 5) is 0. The normalized spacial score (nSPS) is 10.2. The molecule has 0 spiro atoms. The SMILES string of the molecule is COc1c(F)c(O)c(N)c(F)c1F. The summed E-state index contributed by atoms with van der Waals surface area (Å²) in [5.74, 6) is -6.66. The molecule has 3 nitrogen and oxygen atoms in total. The van der Waals surface area contributed by atoms with E-state index in [2.05, 4.69) is 4.74 Å². The zero-order valence-corrected chi connectivity index (χ0v) is 6.57. The molecule has 3 N–H and O–H groups in total. The first-order chi connectivity index (χ1) is 6.00. The number of nitrogens with two attached hydrogens (primary N) is 1. The summed E-state index contributed by atoms with van der Waals surface area (Å²) in [6.45, 7) is 0. The number of aromatic hydroxyl groups is 1. The largest absolute Gasteiger partial charge is 0.503 e. The van der Waals surface area contributed by atoms with Crippen molar-refractivity contribution in [2.75, 3.05) is 12.8 Å². The first-order valence-corrected chi connectivity index (χ1v) is 3.19. The number of methoxy groups -OCH3 is 1. The topological polar surface area (TPSA) is 55.5 Å². The molecule has 0 saturated carbocycles. The monoisotopic (exact) mass is 193 g/mol. The van der Waals surface area contributed by atoms with Crippen molar-refractivity contribution in [2.24, 2.45) is 0 Å². The average molecular weight is 193 g/mol. The summed E-state index contributed by atoms with van der Waals surface area (Å²) >= 11 is 0. The zero-order chi connectivity index (χ0) is 10.2. The second kappa shape index (κ2) is 3.04. The Morgan fingerprint density at radius 3 is 2.15 bits per heavy atom. The highest BCUT2D eigenvalue weighted by atomic mass is 19.2. The predicted molar refractivity (Wildman–Crippen MR) is 38.9 cm³/mol. The van der Waals surface area contributed by atoms with E-state index in [0.29, 0.717) is 0 Å². The second-order valence-electron chi connectivity index (χ2n) is 2.24. The molecule has 0 fully saturated rings. The molecule has 1 aromatic carbocycles. The molecule has 1 rings (SSSR count). The van der Waals surface area contributed by atoms with Crippen molar-refractivity contribution in [3.63, 3.8) is 0 Å². The van der Waals surface area contributed by atoms with Gasteiger partial charge in [-0.05, 0) is 0 Å². The minimum Gasteiger partial charge on any atom is -0.503 e. The smallest absolute Gasteiger partial charge is 0.212 e. The highest BCUT2D eigenvalue weighted by Gasteiger charge is 2.23. The van der Waals surface area contributed by atoms with Crippen molar-refractivity contribution in [1.29, 1.82) is 0 Å². The maximum atomic E-state index is 12.8. The van der Waals surface area contributed by atoms with Crippen molar-refractivity contribution in [1.82, 2.24) is 0 Å². The quantitative estimate of drug-likeness (QED) is 0.402. The first kappa shape index (κ1) is 9.50. The van der Waals surface area contributed by atoms with Gasteiger partial charge in [-0.3, -0.25) is 0 Å². The van der Waals surface area contributed by atoms with Gasteiger partial charge in [0.25, 0.3) is 0 Å². The van der Waals surface area contributed by atoms with Crippen LogP contribution >= 0.6 is 0 Å². The van der Waals surface area contributed by atoms with Crippen LogP contribution in [0.5, 0.6) is 11.5 Å². The van der Waals surface area contributed by atoms with E-state index in [1.165, 1.54) is 0 Å². The van der Waals surface area contributed by atoms with E-state index in [9.17, 15) is 13.2 Å². The van der Waals surface area contributed by atoms with Gasteiger partial charge in [0.15, 0.2) is 17.3 Å². The molecular weight excluding hydrogens is 187 g/mol. The Bertz CT molecular complexity index is 325. The highest BCUT2D eigenvalue weighted by Crippen LogP contribution is 2.36. The third-order valence-corrected chi connectivity index (χ3v) is 1.50. The van der Waals surface area contributed by atoms with Crippen molar-refractivity contribution < 1.29 is 23.0 Å². The van der Waals surface area contributed by atoms with Crippen LogP contribution in [0.3, 0.4) is 0 Å². The molecule has 0 unspecified atom stereocenters. The number of benzene rings is 1. The van der Waals surface area contributed by atoms with E-state index in [0.717, 1.165) is 7.11 Å². The average Bonchev–Trinajstić information content (AvgIpc) is 2.13. The molecule has 0 aliphatic rings. The predicted octanol–water partition coefficient (Wildman–Crippen LogP) is 1.40. The van der Waals surface area contributed by atoms with Gasteiger partial charge >= 0.3 is 0 Å². The lowest BCUT2D eigenvalue weighted by Crippen LogP contribution is -2.02. The molecule has 0 aliphatic heterocycles. The van der Waals surface area contributed by atoms with Crippen LogP contribution in [0.15, 0.2) is 0 Å². The third kappa shape index (κ3) is 1.24. The van der Waals surface area contributed by atoms with Gasteiger partial charge in [0.2, 0.25) is 11.6 Å². The number of hydrogen-bond donors (Lipinski definition) is 2. The molecule has 0 aliphatic carbocycles. The van der Waals surface area contributed by atoms with Gasteiger partial charge in [0.1, 0.15) is 5.69 Å². The van der Waals surface area contributed by atoms with E-state index < -0.39 is 34.6 Å². The van der Waals surface area contributed by atoms with E-state index in [1.54, 1.807) is 0 Å². The number of halogens is 3. The van der Waals surface area contributed by atoms with Crippen LogP contribution < -0.4 is 10.5 Å². The fraction of sp³-hybridized carbons (Fsp3) is 0.143. The minimum absolute atomic E-state index is 0.941. The summed E-state index contributed by atoms with van der Waals surface area (Å²) in [5, 5.41) is 8.84. The van der Waals surface area contributed by atoms with Gasteiger partial charge in [-0.2, -0.15) is 8.78 Å². The van der Waals surface area contributed by atoms with Crippen molar-refractivity contribution in [3.8, 4) is 11.5 Å². The number of hydrogen-bond acceptors (Lipinski definition) is 3. The maximum absolute atomic E-state index is 12.8. The molecule has 13 heavy (non-hydrogen) atoms. The summed E-state index contributed by atoms with van der Waals surface area (Å²) in [6.07, 6.45) is 0. The van der Waals surface area contributed by atoms with Crippen LogP contribution in [-0.2, 0) is 0 Å².